The van der Waals surface area contributed by atoms with Gasteiger partial charge in [-0.2, -0.15) is 5.10 Å². The second-order valence-electron chi connectivity index (χ2n) is 6.30. The molecule has 0 saturated heterocycles. The third-order valence-electron chi connectivity index (χ3n) is 4.05. The summed E-state index contributed by atoms with van der Waals surface area (Å²) in [5.74, 6) is -0.341. The highest BCUT2D eigenvalue weighted by Gasteiger charge is 2.32. The van der Waals surface area contributed by atoms with E-state index < -0.39 is 12.4 Å². The van der Waals surface area contributed by atoms with Gasteiger partial charge in [0.2, 0.25) is 0 Å². The lowest BCUT2D eigenvalue weighted by Gasteiger charge is -2.18. The molecule has 2 amide bonds. The van der Waals surface area contributed by atoms with Crippen LogP contribution in [-0.2, 0) is 13.1 Å². The number of aromatic nitrogens is 2. The number of nitrogens with zero attached hydrogens (tertiary/aromatic N) is 3. The third kappa shape index (κ3) is 5.74. The van der Waals surface area contributed by atoms with Crippen LogP contribution in [0.5, 0.6) is 5.75 Å². The van der Waals surface area contributed by atoms with Crippen molar-refractivity contribution < 1.29 is 22.7 Å². The highest BCUT2D eigenvalue weighted by atomic mass is 19.4. The van der Waals surface area contributed by atoms with Crippen LogP contribution in [0.15, 0.2) is 67.0 Å². The van der Waals surface area contributed by atoms with Gasteiger partial charge in [0.05, 0.1) is 18.4 Å². The van der Waals surface area contributed by atoms with Crippen LogP contribution in [0, 0.1) is 0 Å². The fourth-order valence-corrected chi connectivity index (χ4v) is 2.69. The topological polar surface area (TPSA) is 59.4 Å². The third-order valence-corrected chi connectivity index (χ3v) is 4.05. The maximum atomic E-state index is 12.5. The predicted molar refractivity (Wildman–Crippen MR) is 100 cm³/mol. The molecule has 0 aliphatic heterocycles. The molecule has 29 heavy (non-hydrogen) atoms. The van der Waals surface area contributed by atoms with Crippen molar-refractivity contribution in [1.82, 2.24) is 20.0 Å². The SMILES string of the molecule is CN(Cc1cnn(-c2ccccc2)c1)C(=O)NCc1ccccc1OC(F)(F)F. The van der Waals surface area contributed by atoms with Gasteiger partial charge in [-0.1, -0.05) is 36.4 Å². The largest absolute Gasteiger partial charge is 0.573 e. The van der Waals surface area contributed by atoms with Crippen molar-refractivity contribution in [2.45, 2.75) is 19.5 Å². The lowest BCUT2D eigenvalue weighted by atomic mass is 10.2. The Morgan fingerprint density at radius 3 is 2.55 bits per heavy atom. The van der Waals surface area contributed by atoms with Gasteiger partial charge in [0.1, 0.15) is 5.75 Å². The highest BCUT2D eigenvalue weighted by Crippen LogP contribution is 2.26. The lowest BCUT2D eigenvalue weighted by Crippen LogP contribution is -2.36. The second-order valence-corrected chi connectivity index (χ2v) is 6.30. The van der Waals surface area contributed by atoms with E-state index in [1.165, 1.54) is 23.1 Å². The van der Waals surface area contributed by atoms with Crippen LogP contribution in [0.3, 0.4) is 0 Å². The van der Waals surface area contributed by atoms with Crippen molar-refractivity contribution in [2.75, 3.05) is 7.05 Å². The van der Waals surface area contributed by atoms with Crippen molar-refractivity contribution >= 4 is 6.03 Å². The molecule has 0 aliphatic carbocycles. The van der Waals surface area contributed by atoms with Crippen LogP contribution in [0.25, 0.3) is 5.69 Å². The quantitative estimate of drug-likeness (QED) is 0.673. The number of nitrogens with one attached hydrogen (secondary N) is 1. The van der Waals surface area contributed by atoms with Crippen molar-refractivity contribution in [3.63, 3.8) is 0 Å². The average molecular weight is 404 g/mol. The van der Waals surface area contributed by atoms with Gasteiger partial charge in [-0.25, -0.2) is 9.48 Å². The number of carbonyl (C=O) groups is 1. The number of urea groups is 1. The van der Waals surface area contributed by atoms with Gasteiger partial charge in [-0.3, -0.25) is 0 Å². The summed E-state index contributed by atoms with van der Waals surface area (Å²) in [6, 6.07) is 14.8. The Bertz CT molecular complexity index is 958. The summed E-state index contributed by atoms with van der Waals surface area (Å²) in [6.07, 6.45) is -1.33. The van der Waals surface area contributed by atoms with Crippen LogP contribution in [-0.4, -0.2) is 34.1 Å². The molecule has 9 heteroatoms. The first-order valence-electron chi connectivity index (χ1n) is 8.73. The normalized spacial score (nSPS) is 11.2. The van der Waals surface area contributed by atoms with Gasteiger partial charge in [0, 0.05) is 30.9 Å². The van der Waals surface area contributed by atoms with Crippen molar-refractivity contribution in [2.24, 2.45) is 0 Å². The number of hydrogen-bond acceptors (Lipinski definition) is 3. The highest BCUT2D eigenvalue weighted by molar-refractivity contribution is 5.73. The maximum Gasteiger partial charge on any atom is 0.573 e. The molecule has 0 aliphatic rings. The molecule has 3 aromatic rings. The smallest absolute Gasteiger partial charge is 0.405 e. The van der Waals surface area contributed by atoms with Gasteiger partial charge in [-0.05, 0) is 18.2 Å². The van der Waals surface area contributed by atoms with Gasteiger partial charge >= 0.3 is 12.4 Å². The van der Waals surface area contributed by atoms with E-state index in [4.69, 9.17) is 0 Å². The van der Waals surface area contributed by atoms with Crippen molar-refractivity contribution in [3.05, 3.63) is 78.1 Å². The van der Waals surface area contributed by atoms with Gasteiger partial charge < -0.3 is 15.0 Å². The molecule has 6 nitrogen and oxygen atoms in total. The van der Waals surface area contributed by atoms with E-state index >= 15 is 0 Å². The molecular weight excluding hydrogens is 385 g/mol. The number of alkyl halides is 3. The molecule has 0 atom stereocenters. The maximum absolute atomic E-state index is 12.5. The van der Waals surface area contributed by atoms with E-state index in [2.05, 4.69) is 15.2 Å². The fourth-order valence-electron chi connectivity index (χ4n) is 2.69. The molecule has 0 fully saturated rings. The van der Waals surface area contributed by atoms with Crippen LogP contribution in [0.1, 0.15) is 11.1 Å². The van der Waals surface area contributed by atoms with Crippen molar-refractivity contribution in [3.8, 4) is 11.4 Å². The fraction of sp³-hybridized carbons (Fsp3) is 0.200. The number of carbonyl (C=O) groups excluding carboxylic acids is 1. The van der Waals surface area contributed by atoms with E-state index in [0.717, 1.165) is 11.3 Å². The predicted octanol–water partition coefficient (Wildman–Crippen LogP) is 4.11. The van der Waals surface area contributed by atoms with E-state index in [0.29, 0.717) is 6.54 Å². The zero-order valence-corrected chi connectivity index (χ0v) is 15.6. The van der Waals surface area contributed by atoms with Crippen LogP contribution in [0.4, 0.5) is 18.0 Å². The standard InChI is InChI=1S/C20H19F3N4O2/c1-26(13-15-11-25-27(14-15)17-8-3-2-4-9-17)19(28)24-12-16-7-5-6-10-18(16)29-20(21,22)23/h2-11,14H,12-13H2,1H3,(H,24,28). The Kier molecular flexibility index (Phi) is 6.06. The number of halogens is 3. The van der Waals surface area contributed by atoms with Gasteiger partial charge in [0.25, 0.3) is 0 Å². The molecule has 152 valence electrons. The molecule has 1 aromatic heterocycles. The minimum absolute atomic E-state index is 0.0985. The van der Waals surface area contributed by atoms with Crippen LogP contribution >= 0.6 is 0 Å². The summed E-state index contributed by atoms with van der Waals surface area (Å²) in [7, 11) is 1.59. The first-order valence-corrected chi connectivity index (χ1v) is 8.73. The Hall–Kier alpha value is -3.49. The zero-order chi connectivity index (χ0) is 20.9. The number of benzene rings is 2. The molecule has 0 radical (unpaired) electrons. The van der Waals surface area contributed by atoms with E-state index in [1.54, 1.807) is 24.0 Å². The first-order chi connectivity index (χ1) is 13.8. The summed E-state index contributed by atoms with van der Waals surface area (Å²) in [6.45, 7) is 0.193. The van der Waals surface area contributed by atoms with Crippen molar-refractivity contribution in [1.29, 1.82) is 0 Å². The molecule has 1 heterocycles. The summed E-state index contributed by atoms with van der Waals surface area (Å²) in [5.41, 5.74) is 1.93. The minimum atomic E-state index is -4.80. The molecule has 0 saturated carbocycles. The number of ether oxygens (including phenoxy) is 1. The molecule has 0 spiro atoms. The van der Waals surface area contributed by atoms with Crippen LogP contribution in [0.2, 0.25) is 0 Å². The zero-order valence-electron chi connectivity index (χ0n) is 15.6. The van der Waals surface area contributed by atoms with Crippen LogP contribution < -0.4 is 10.1 Å². The number of hydrogen-bond donors (Lipinski definition) is 1. The molecule has 2 aromatic carbocycles. The lowest BCUT2D eigenvalue weighted by molar-refractivity contribution is -0.274. The van der Waals surface area contributed by atoms with Gasteiger partial charge in [0.15, 0.2) is 0 Å². The second kappa shape index (κ2) is 8.68. The molecular formula is C20H19F3N4O2. The first kappa shape index (κ1) is 20.2. The Labute approximate surface area is 165 Å². The number of para-hydroxylation sites is 2. The Morgan fingerprint density at radius 1 is 1.14 bits per heavy atom. The van der Waals surface area contributed by atoms with E-state index in [9.17, 15) is 18.0 Å². The average Bonchev–Trinajstić information content (AvgIpc) is 3.15. The number of rotatable bonds is 6. The summed E-state index contributed by atoms with van der Waals surface area (Å²) >= 11 is 0. The molecule has 0 unspecified atom stereocenters. The van der Waals surface area contributed by atoms with Gasteiger partial charge in [-0.15, -0.1) is 13.2 Å². The summed E-state index contributed by atoms with van der Waals surface area (Å²) in [5, 5.41) is 6.87. The monoisotopic (exact) mass is 404 g/mol. The van der Waals surface area contributed by atoms with E-state index in [-0.39, 0.29) is 17.9 Å². The molecule has 3 rings (SSSR count). The number of amides is 2. The molecule has 1 N–H and O–H groups in total. The Morgan fingerprint density at radius 2 is 1.83 bits per heavy atom. The summed E-state index contributed by atoms with van der Waals surface area (Å²) in [4.78, 5) is 13.7. The molecule has 0 bridgehead atoms. The van der Waals surface area contributed by atoms with E-state index in [1.807, 2.05) is 36.5 Å². The summed E-state index contributed by atoms with van der Waals surface area (Å²) < 4.78 is 43.2. The minimum Gasteiger partial charge on any atom is -0.405 e. The Balaban J connectivity index is 1.57.